The molecule has 1 aliphatic heterocycles. The second-order valence-corrected chi connectivity index (χ2v) is 11.2. The molecule has 1 unspecified atom stereocenters. The van der Waals surface area contributed by atoms with Gasteiger partial charge in [0.15, 0.2) is 6.79 Å². The average Bonchev–Trinajstić information content (AvgIpc) is 2.95. The van der Waals surface area contributed by atoms with Gasteiger partial charge in [-0.25, -0.2) is 4.39 Å². The van der Waals surface area contributed by atoms with Crippen LogP contribution in [0.2, 0.25) is 0 Å². The molecular formula is C33H35FNO2P. The highest BCUT2D eigenvalue weighted by molar-refractivity contribution is 7.56. The Morgan fingerprint density at radius 3 is 2.11 bits per heavy atom. The quantitative estimate of drug-likeness (QED) is 0.171. The summed E-state index contributed by atoms with van der Waals surface area (Å²) in [5.74, 6) is 0.692. The van der Waals surface area contributed by atoms with Gasteiger partial charge in [0, 0.05) is 42.9 Å². The molecule has 0 spiro atoms. The van der Waals surface area contributed by atoms with Crippen molar-refractivity contribution in [2.24, 2.45) is 0 Å². The second kappa shape index (κ2) is 13.0. The van der Waals surface area contributed by atoms with E-state index in [9.17, 15) is 4.39 Å². The molecule has 1 aliphatic rings. The van der Waals surface area contributed by atoms with E-state index in [1.165, 1.54) is 23.1 Å². The van der Waals surface area contributed by atoms with Crippen LogP contribution in [0.4, 0.5) is 10.1 Å². The van der Waals surface area contributed by atoms with Gasteiger partial charge in [-0.1, -0.05) is 75.3 Å². The first-order chi connectivity index (χ1) is 18.7. The van der Waals surface area contributed by atoms with Gasteiger partial charge in [-0.05, 0) is 72.2 Å². The van der Waals surface area contributed by atoms with Gasteiger partial charge in [0.1, 0.15) is 11.6 Å². The molecular weight excluding hydrogens is 492 g/mol. The van der Waals surface area contributed by atoms with Crippen LogP contribution in [0, 0.1) is 5.82 Å². The number of benzene rings is 4. The van der Waals surface area contributed by atoms with Crippen LogP contribution in [0.5, 0.6) is 5.75 Å². The molecule has 4 aromatic rings. The maximum atomic E-state index is 14.4. The molecule has 0 aliphatic carbocycles. The van der Waals surface area contributed by atoms with E-state index in [-0.39, 0.29) is 12.6 Å². The van der Waals surface area contributed by atoms with Crippen LogP contribution in [0.25, 0.3) is 0 Å². The Labute approximate surface area is 227 Å². The second-order valence-electron chi connectivity index (χ2n) is 9.84. The van der Waals surface area contributed by atoms with E-state index in [0.717, 1.165) is 66.4 Å². The van der Waals surface area contributed by atoms with Gasteiger partial charge in [0.05, 0.1) is 0 Å². The summed E-state index contributed by atoms with van der Waals surface area (Å²) < 4.78 is 26.0. The molecule has 1 saturated heterocycles. The molecule has 5 heteroatoms. The highest BCUT2D eigenvalue weighted by atomic mass is 31.1. The Bertz CT molecular complexity index is 1320. The lowest BCUT2D eigenvalue weighted by molar-refractivity contribution is 0.0513. The summed E-state index contributed by atoms with van der Waals surface area (Å²) in [5.41, 5.74) is 5.91. The van der Waals surface area contributed by atoms with Gasteiger partial charge >= 0.3 is 0 Å². The smallest absolute Gasteiger partial charge is 0.188 e. The highest BCUT2D eigenvalue weighted by Gasteiger charge is 2.19. The summed E-state index contributed by atoms with van der Waals surface area (Å²) in [6.07, 6.45) is 5.14. The zero-order valence-electron chi connectivity index (χ0n) is 22.0. The minimum absolute atomic E-state index is 0.180. The summed E-state index contributed by atoms with van der Waals surface area (Å²) in [7, 11) is 1.98. The number of halogens is 1. The molecule has 38 heavy (non-hydrogen) atoms. The first kappa shape index (κ1) is 26.4. The van der Waals surface area contributed by atoms with Gasteiger partial charge in [0.2, 0.25) is 0 Å². The van der Waals surface area contributed by atoms with E-state index in [1.807, 2.05) is 12.1 Å². The SMILES string of the molecule is COCOc1c(Cc2ccccc2)cc(Cc2ccccc2)cc1Pc1ccc(F)cc1N1CCCCC1. The Morgan fingerprint density at radius 2 is 1.42 bits per heavy atom. The number of rotatable bonds is 10. The summed E-state index contributed by atoms with van der Waals surface area (Å²) in [6, 6.07) is 30.9. The van der Waals surface area contributed by atoms with E-state index < -0.39 is 0 Å². The van der Waals surface area contributed by atoms with Crippen LogP contribution in [0.1, 0.15) is 41.5 Å². The van der Waals surface area contributed by atoms with E-state index >= 15 is 0 Å². The molecule has 0 aromatic heterocycles. The molecule has 0 N–H and O–H groups in total. The van der Waals surface area contributed by atoms with Crippen LogP contribution in [0.3, 0.4) is 0 Å². The normalized spacial score (nSPS) is 13.8. The number of anilines is 1. The van der Waals surface area contributed by atoms with Crippen LogP contribution in [0.15, 0.2) is 91.0 Å². The van der Waals surface area contributed by atoms with Crippen molar-refractivity contribution in [1.29, 1.82) is 0 Å². The topological polar surface area (TPSA) is 21.7 Å². The van der Waals surface area contributed by atoms with Crippen molar-refractivity contribution < 1.29 is 13.9 Å². The first-order valence-corrected chi connectivity index (χ1v) is 14.4. The average molecular weight is 528 g/mol. The van der Waals surface area contributed by atoms with Gasteiger partial charge in [0.25, 0.3) is 0 Å². The molecule has 1 heterocycles. The van der Waals surface area contributed by atoms with E-state index in [1.54, 1.807) is 19.2 Å². The van der Waals surface area contributed by atoms with Crippen molar-refractivity contribution in [3.05, 3.63) is 119 Å². The van der Waals surface area contributed by atoms with Gasteiger partial charge < -0.3 is 14.4 Å². The van der Waals surface area contributed by atoms with Gasteiger partial charge in [-0.3, -0.25) is 0 Å². The van der Waals surface area contributed by atoms with Crippen molar-refractivity contribution in [3.63, 3.8) is 0 Å². The fourth-order valence-electron chi connectivity index (χ4n) is 5.17. The van der Waals surface area contributed by atoms with Crippen LogP contribution >= 0.6 is 8.58 Å². The molecule has 1 fully saturated rings. The summed E-state index contributed by atoms with van der Waals surface area (Å²) >= 11 is 0. The number of hydrogen-bond donors (Lipinski definition) is 0. The third-order valence-corrected chi connectivity index (χ3v) is 8.29. The lowest BCUT2D eigenvalue weighted by Crippen LogP contribution is -2.32. The lowest BCUT2D eigenvalue weighted by atomic mass is 9.98. The molecule has 3 nitrogen and oxygen atoms in total. The third-order valence-electron chi connectivity index (χ3n) is 6.96. The van der Waals surface area contributed by atoms with Crippen LogP contribution in [-0.4, -0.2) is 27.0 Å². The predicted molar refractivity (Wildman–Crippen MR) is 157 cm³/mol. The van der Waals surface area contributed by atoms with Crippen molar-refractivity contribution in [2.45, 2.75) is 32.1 Å². The minimum Gasteiger partial charge on any atom is -0.467 e. The van der Waals surface area contributed by atoms with E-state index in [2.05, 4.69) is 71.6 Å². The summed E-state index contributed by atoms with van der Waals surface area (Å²) in [4.78, 5) is 2.35. The Morgan fingerprint density at radius 1 is 0.737 bits per heavy atom. The number of ether oxygens (including phenoxy) is 2. The zero-order valence-corrected chi connectivity index (χ0v) is 23.0. The van der Waals surface area contributed by atoms with Crippen molar-refractivity contribution in [2.75, 3.05) is 31.9 Å². The fraction of sp³-hybridized carbons (Fsp3) is 0.273. The molecule has 1 atom stereocenters. The maximum Gasteiger partial charge on any atom is 0.188 e. The van der Waals surface area contributed by atoms with Crippen LogP contribution < -0.4 is 20.2 Å². The van der Waals surface area contributed by atoms with E-state index in [0.29, 0.717) is 8.58 Å². The standard InChI is InChI=1S/C33H35FNO2P/c1-36-24-37-33-28(20-26-13-7-3-8-14-26)21-27(19-25-11-5-2-6-12-25)22-32(33)38-31-16-15-29(34)23-30(31)35-17-9-4-10-18-35/h2-3,5-8,11-16,21-23,38H,4,9-10,17-20,24H2,1H3. The van der Waals surface area contributed by atoms with Crippen molar-refractivity contribution in [3.8, 4) is 5.75 Å². The third kappa shape index (κ3) is 6.81. The Kier molecular flexibility index (Phi) is 9.06. The molecule has 0 bridgehead atoms. The van der Waals surface area contributed by atoms with Crippen LogP contribution in [-0.2, 0) is 17.6 Å². The summed E-state index contributed by atoms with van der Waals surface area (Å²) in [6.45, 7) is 2.13. The Balaban J connectivity index is 1.58. The van der Waals surface area contributed by atoms with Gasteiger partial charge in [-0.2, -0.15) is 0 Å². The zero-order chi connectivity index (χ0) is 26.2. The molecule has 4 aromatic carbocycles. The van der Waals surface area contributed by atoms with Crippen molar-refractivity contribution in [1.82, 2.24) is 0 Å². The predicted octanol–water partition coefficient (Wildman–Crippen LogP) is 6.61. The fourth-order valence-corrected chi connectivity index (χ4v) is 6.59. The molecule has 0 amide bonds. The largest absolute Gasteiger partial charge is 0.467 e. The number of nitrogens with zero attached hydrogens (tertiary/aromatic N) is 1. The molecule has 196 valence electrons. The molecule has 0 radical (unpaired) electrons. The number of methoxy groups -OCH3 is 1. The highest BCUT2D eigenvalue weighted by Crippen LogP contribution is 2.32. The number of hydrogen-bond acceptors (Lipinski definition) is 3. The maximum absolute atomic E-state index is 14.4. The van der Waals surface area contributed by atoms with Crippen molar-refractivity contribution >= 4 is 24.9 Å². The molecule has 0 saturated carbocycles. The molecule has 5 rings (SSSR count). The first-order valence-electron chi connectivity index (χ1n) is 13.4. The Hall–Kier alpha value is -3.20. The van der Waals surface area contributed by atoms with E-state index in [4.69, 9.17) is 9.47 Å². The summed E-state index contributed by atoms with van der Waals surface area (Å²) in [5, 5.41) is 2.28. The lowest BCUT2D eigenvalue weighted by Gasteiger charge is -2.31. The number of piperidine rings is 1. The van der Waals surface area contributed by atoms with Gasteiger partial charge in [-0.15, -0.1) is 0 Å². The monoisotopic (exact) mass is 527 g/mol. The minimum atomic E-state index is -0.183.